The Morgan fingerprint density at radius 1 is 1.06 bits per heavy atom. The number of fused-ring (bicyclic) bond motifs is 2. The van der Waals surface area contributed by atoms with E-state index in [0.29, 0.717) is 18.1 Å². The summed E-state index contributed by atoms with van der Waals surface area (Å²) in [5.41, 5.74) is 7.69. The fraction of sp³-hybridized carbons (Fsp3) is 0.120. The molecule has 1 aliphatic heterocycles. The van der Waals surface area contributed by atoms with E-state index in [1.165, 1.54) is 0 Å². The molecule has 0 unspecified atom stereocenters. The molecule has 0 bridgehead atoms. The molecule has 0 radical (unpaired) electrons. The van der Waals surface area contributed by atoms with Gasteiger partial charge in [-0.25, -0.2) is 14.6 Å². The molecule has 33 heavy (non-hydrogen) atoms. The largest absolute Gasteiger partial charge is 0.497 e. The summed E-state index contributed by atoms with van der Waals surface area (Å²) < 4.78 is 8.14. The van der Waals surface area contributed by atoms with Gasteiger partial charge in [0, 0.05) is 22.5 Å². The summed E-state index contributed by atoms with van der Waals surface area (Å²) in [7, 11) is 1.63. The standard InChI is InChI=1S/C25H19N5O2S/c1-15-4-3-5-22(27-15)30-24(16-6-11-20-21(12-16)33-14-26-20)19-13-29(25(31)23(19)28-30)17-7-9-18(32-2)10-8-17/h3-12,14H,13H2,1-2H3. The minimum Gasteiger partial charge on any atom is -0.497 e. The van der Waals surface area contributed by atoms with Gasteiger partial charge in [-0.05, 0) is 55.5 Å². The summed E-state index contributed by atoms with van der Waals surface area (Å²) >= 11 is 1.59. The molecule has 0 fully saturated rings. The molecule has 0 aliphatic carbocycles. The van der Waals surface area contributed by atoms with Gasteiger partial charge in [-0.2, -0.15) is 5.10 Å². The number of pyridine rings is 1. The van der Waals surface area contributed by atoms with Gasteiger partial charge in [0.05, 0.1) is 35.1 Å². The molecule has 5 aromatic rings. The number of amides is 1. The molecule has 162 valence electrons. The van der Waals surface area contributed by atoms with E-state index in [-0.39, 0.29) is 5.91 Å². The first-order chi connectivity index (χ1) is 16.1. The summed E-state index contributed by atoms with van der Waals surface area (Å²) in [6, 6.07) is 19.4. The normalized spacial score (nSPS) is 13.0. The molecule has 8 heteroatoms. The van der Waals surface area contributed by atoms with Crippen molar-refractivity contribution < 1.29 is 9.53 Å². The Morgan fingerprint density at radius 3 is 2.70 bits per heavy atom. The lowest BCUT2D eigenvalue weighted by Gasteiger charge is -2.18. The first kappa shape index (κ1) is 19.6. The number of ether oxygens (including phenoxy) is 1. The molecule has 7 nitrogen and oxygen atoms in total. The molecule has 0 atom stereocenters. The van der Waals surface area contributed by atoms with E-state index >= 15 is 0 Å². The molecule has 1 aliphatic rings. The Kier molecular flexibility index (Phi) is 4.48. The smallest absolute Gasteiger partial charge is 0.279 e. The van der Waals surface area contributed by atoms with Crippen LogP contribution in [-0.4, -0.2) is 32.8 Å². The predicted molar refractivity (Wildman–Crippen MR) is 128 cm³/mol. The van der Waals surface area contributed by atoms with E-state index in [4.69, 9.17) is 9.84 Å². The quantitative estimate of drug-likeness (QED) is 0.382. The highest BCUT2D eigenvalue weighted by Gasteiger charge is 2.36. The third kappa shape index (κ3) is 3.18. The zero-order valence-electron chi connectivity index (χ0n) is 18.0. The number of hydrogen-bond donors (Lipinski definition) is 0. The van der Waals surface area contributed by atoms with Crippen LogP contribution in [-0.2, 0) is 6.54 Å². The van der Waals surface area contributed by atoms with Crippen molar-refractivity contribution in [2.24, 2.45) is 0 Å². The monoisotopic (exact) mass is 453 g/mol. The molecule has 0 saturated carbocycles. The van der Waals surface area contributed by atoms with Crippen molar-refractivity contribution in [3.63, 3.8) is 0 Å². The van der Waals surface area contributed by atoms with Crippen molar-refractivity contribution in [2.45, 2.75) is 13.5 Å². The summed E-state index contributed by atoms with van der Waals surface area (Å²) in [5.74, 6) is 1.31. The average molecular weight is 454 g/mol. The molecular formula is C25H19N5O2S. The summed E-state index contributed by atoms with van der Waals surface area (Å²) in [6.45, 7) is 2.38. The second kappa shape index (κ2) is 7.53. The number of rotatable bonds is 4. The Morgan fingerprint density at radius 2 is 1.91 bits per heavy atom. The van der Waals surface area contributed by atoms with Crippen LogP contribution in [0.2, 0.25) is 0 Å². The number of aromatic nitrogens is 4. The second-order valence-corrected chi connectivity index (χ2v) is 8.74. The van der Waals surface area contributed by atoms with Crippen molar-refractivity contribution >= 4 is 33.1 Å². The number of nitrogens with zero attached hydrogens (tertiary/aromatic N) is 5. The van der Waals surface area contributed by atoms with Crippen LogP contribution in [0.4, 0.5) is 5.69 Å². The lowest BCUT2D eigenvalue weighted by atomic mass is 10.1. The molecule has 3 aromatic heterocycles. The molecular weight excluding hydrogens is 434 g/mol. The Labute approximate surface area is 193 Å². The van der Waals surface area contributed by atoms with Gasteiger partial charge in [-0.1, -0.05) is 12.1 Å². The maximum Gasteiger partial charge on any atom is 0.279 e. The molecule has 2 aromatic carbocycles. The zero-order valence-corrected chi connectivity index (χ0v) is 18.8. The third-order valence-electron chi connectivity index (χ3n) is 5.83. The molecule has 4 heterocycles. The lowest BCUT2D eigenvalue weighted by molar-refractivity contribution is 0.0991. The van der Waals surface area contributed by atoms with Crippen LogP contribution in [0.5, 0.6) is 5.75 Å². The number of carbonyl (C=O) groups is 1. The fourth-order valence-electron chi connectivity index (χ4n) is 4.21. The summed E-state index contributed by atoms with van der Waals surface area (Å²) in [4.78, 5) is 24.2. The van der Waals surface area contributed by atoms with Crippen LogP contribution in [0.25, 0.3) is 27.3 Å². The van der Waals surface area contributed by atoms with Crippen molar-refractivity contribution in [1.29, 1.82) is 0 Å². The van der Waals surface area contributed by atoms with Crippen LogP contribution in [0.15, 0.2) is 66.2 Å². The Hall–Kier alpha value is -4.04. The fourth-order valence-corrected chi connectivity index (χ4v) is 4.93. The first-order valence-corrected chi connectivity index (χ1v) is 11.4. The van der Waals surface area contributed by atoms with Crippen LogP contribution in [0.1, 0.15) is 21.7 Å². The van der Waals surface area contributed by atoms with E-state index in [0.717, 1.165) is 44.2 Å². The van der Waals surface area contributed by atoms with Crippen molar-refractivity contribution in [3.05, 3.63) is 83.1 Å². The SMILES string of the molecule is COc1ccc(N2Cc3c(nn(-c4cccc(C)n4)c3-c3ccc4ncsc4c3)C2=O)cc1. The van der Waals surface area contributed by atoms with Gasteiger partial charge in [0.25, 0.3) is 5.91 Å². The van der Waals surface area contributed by atoms with Gasteiger partial charge in [0.1, 0.15) is 5.75 Å². The van der Waals surface area contributed by atoms with Crippen molar-refractivity contribution in [1.82, 2.24) is 19.7 Å². The van der Waals surface area contributed by atoms with E-state index in [9.17, 15) is 4.79 Å². The van der Waals surface area contributed by atoms with E-state index in [2.05, 4.69) is 16.0 Å². The topological polar surface area (TPSA) is 73.1 Å². The highest BCUT2D eigenvalue weighted by Crippen LogP contribution is 2.38. The summed E-state index contributed by atoms with van der Waals surface area (Å²) in [5, 5.41) is 4.76. The molecule has 0 N–H and O–H groups in total. The van der Waals surface area contributed by atoms with Gasteiger partial charge in [0.2, 0.25) is 0 Å². The van der Waals surface area contributed by atoms with Crippen molar-refractivity contribution in [3.8, 4) is 22.8 Å². The first-order valence-electron chi connectivity index (χ1n) is 10.5. The molecule has 6 rings (SSSR count). The number of benzene rings is 2. The average Bonchev–Trinajstić information content (AvgIpc) is 3.53. The second-order valence-electron chi connectivity index (χ2n) is 7.85. The predicted octanol–water partition coefficient (Wildman–Crippen LogP) is 5.02. The van der Waals surface area contributed by atoms with E-state index < -0.39 is 0 Å². The van der Waals surface area contributed by atoms with E-state index in [1.54, 1.807) is 28.0 Å². The highest BCUT2D eigenvalue weighted by molar-refractivity contribution is 7.16. The number of aryl methyl sites for hydroxylation is 1. The third-order valence-corrected chi connectivity index (χ3v) is 6.62. The van der Waals surface area contributed by atoms with Crippen LogP contribution in [0.3, 0.4) is 0 Å². The van der Waals surface area contributed by atoms with Crippen LogP contribution >= 0.6 is 11.3 Å². The van der Waals surface area contributed by atoms with Crippen LogP contribution < -0.4 is 9.64 Å². The maximum absolute atomic E-state index is 13.4. The maximum atomic E-state index is 13.4. The number of carbonyl (C=O) groups excluding carboxylic acids is 1. The number of hydrogen-bond acceptors (Lipinski definition) is 6. The van der Waals surface area contributed by atoms with Gasteiger partial charge >= 0.3 is 0 Å². The lowest BCUT2D eigenvalue weighted by Crippen LogP contribution is -2.24. The Balaban J connectivity index is 1.51. The summed E-state index contributed by atoms with van der Waals surface area (Å²) in [6.07, 6.45) is 0. The molecule has 0 spiro atoms. The Bertz CT molecular complexity index is 1520. The molecule has 1 amide bonds. The minimum atomic E-state index is -0.123. The zero-order chi connectivity index (χ0) is 22.5. The molecule has 0 saturated heterocycles. The number of thiazole rings is 1. The van der Waals surface area contributed by atoms with Gasteiger partial charge < -0.3 is 9.64 Å². The van der Waals surface area contributed by atoms with Crippen molar-refractivity contribution in [2.75, 3.05) is 12.0 Å². The van der Waals surface area contributed by atoms with Crippen LogP contribution in [0, 0.1) is 6.92 Å². The van der Waals surface area contributed by atoms with Gasteiger partial charge in [0.15, 0.2) is 11.5 Å². The number of methoxy groups -OCH3 is 1. The van der Waals surface area contributed by atoms with E-state index in [1.807, 2.05) is 67.0 Å². The van der Waals surface area contributed by atoms with Gasteiger partial charge in [-0.15, -0.1) is 11.3 Å². The highest BCUT2D eigenvalue weighted by atomic mass is 32.1. The van der Waals surface area contributed by atoms with Gasteiger partial charge in [-0.3, -0.25) is 4.79 Å². The minimum absolute atomic E-state index is 0.123. The number of anilines is 1.